The van der Waals surface area contributed by atoms with Crippen LogP contribution in [-0.2, 0) is 32.6 Å². The smallest absolute Gasteiger partial charge is 0.245 e. The van der Waals surface area contributed by atoms with Crippen LogP contribution in [0, 0.1) is 5.41 Å². The first-order valence-electron chi connectivity index (χ1n) is 11.8. The summed E-state index contributed by atoms with van der Waals surface area (Å²) < 4.78 is 0. The Morgan fingerprint density at radius 1 is 1.09 bits per heavy atom. The van der Waals surface area contributed by atoms with Gasteiger partial charge in [0.2, 0.25) is 17.7 Å². The summed E-state index contributed by atoms with van der Waals surface area (Å²) in [5.41, 5.74) is 2.04. The molecule has 1 atom stereocenters. The Kier molecular flexibility index (Phi) is 4.54. The van der Waals surface area contributed by atoms with Crippen LogP contribution in [0.15, 0.2) is 30.6 Å². The number of pyridine rings is 2. The summed E-state index contributed by atoms with van der Waals surface area (Å²) in [7, 11) is 0. The lowest BCUT2D eigenvalue weighted by molar-refractivity contribution is -0.148. The number of piperidine rings is 1. The average molecular weight is 446 g/mol. The predicted octanol–water partition coefficient (Wildman–Crippen LogP) is 2.59. The van der Waals surface area contributed by atoms with Gasteiger partial charge in [0.15, 0.2) is 0 Å². The topological polar surface area (TPSA) is 104 Å². The Morgan fingerprint density at radius 3 is 2.73 bits per heavy atom. The minimum Gasteiger partial charge on any atom is -0.333 e. The molecule has 2 fully saturated rings. The molecule has 1 unspecified atom stereocenters. The number of aromatic nitrogens is 2. The third-order valence-corrected chi connectivity index (χ3v) is 8.04. The van der Waals surface area contributed by atoms with Gasteiger partial charge in [0.05, 0.1) is 12.0 Å². The summed E-state index contributed by atoms with van der Waals surface area (Å²) >= 11 is 0. The number of rotatable bonds is 3. The molecule has 2 aromatic heterocycles. The predicted molar refractivity (Wildman–Crippen MR) is 122 cm³/mol. The summed E-state index contributed by atoms with van der Waals surface area (Å²) in [5.74, 6) is 0.961. The quantitative estimate of drug-likeness (QED) is 0.756. The number of carbonyl (C=O) groups excluding carboxylic acids is 3. The summed E-state index contributed by atoms with van der Waals surface area (Å²) in [6, 6.07) is 5.67. The molecular weight excluding hydrogens is 418 g/mol. The lowest BCUT2D eigenvalue weighted by Gasteiger charge is -2.39. The molecule has 8 nitrogen and oxygen atoms in total. The highest BCUT2D eigenvalue weighted by Crippen LogP contribution is 2.47. The van der Waals surface area contributed by atoms with Crippen molar-refractivity contribution in [3.8, 4) is 0 Å². The number of hydrogen-bond donors (Lipinski definition) is 2. The normalized spacial score (nSPS) is 24.8. The Hall–Kier alpha value is -3.29. The zero-order chi connectivity index (χ0) is 22.6. The molecule has 0 radical (unpaired) electrons. The van der Waals surface area contributed by atoms with Crippen molar-refractivity contribution < 1.29 is 14.4 Å². The number of fused-ring (bicyclic) bond motifs is 3. The molecule has 0 bridgehead atoms. The number of hydrogen-bond acceptors (Lipinski definition) is 5. The summed E-state index contributed by atoms with van der Waals surface area (Å²) in [4.78, 5) is 49.1. The molecule has 4 heterocycles. The standard InChI is InChI=1S/C25H27N5O3/c31-20(15-30-10-4-8-24(23(30)33)6-1-2-7-24)28-19-11-16-12-25(13-17(16)14-27-19)18-5-3-9-26-21(18)29-22(25)32/h3,5,9,11,14H,1-2,4,6-8,10,12-13,15H2,(H,26,29,32)(H,27,28,31). The minimum absolute atomic E-state index is 0.0394. The first-order chi connectivity index (χ1) is 16.0. The van der Waals surface area contributed by atoms with E-state index in [1.165, 1.54) is 0 Å². The molecule has 4 aliphatic rings. The first-order valence-corrected chi connectivity index (χ1v) is 11.8. The number of amides is 3. The number of nitrogens with one attached hydrogen (secondary N) is 2. The maximum absolute atomic E-state index is 13.1. The van der Waals surface area contributed by atoms with Crippen LogP contribution in [0.3, 0.4) is 0 Å². The van der Waals surface area contributed by atoms with Crippen LogP contribution in [0.25, 0.3) is 0 Å². The molecule has 8 heteroatoms. The van der Waals surface area contributed by atoms with E-state index in [4.69, 9.17) is 0 Å². The van der Waals surface area contributed by atoms with E-state index in [0.29, 0.717) is 31.0 Å². The molecule has 1 saturated heterocycles. The van der Waals surface area contributed by atoms with Crippen molar-refractivity contribution in [2.75, 3.05) is 23.7 Å². The van der Waals surface area contributed by atoms with Gasteiger partial charge in [-0.25, -0.2) is 9.97 Å². The Morgan fingerprint density at radius 2 is 1.88 bits per heavy atom. The van der Waals surface area contributed by atoms with Gasteiger partial charge in [0.1, 0.15) is 11.6 Å². The maximum Gasteiger partial charge on any atom is 0.245 e. The van der Waals surface area contributed by atoms with Crippen molar-refractivity contribution in [3.05, 3.63) is 47.3 Å². The van der Waals surface area contributed by atoms with Gasteiger partial charge in [-0.3, -0.25) is 14.4 Å². The van der Waals surface area contributed by atoms with Gasteiger partial charge in [-0.05, 0) is 61.8 Å². The van der Waals surface area contributed by atoms with Crippen molar-refractivity contribution in [1.29, 1.82) is 0 Å². The number of nitrogens with zero attached hydrogens (tertiary/aromatic N) is 3. The zero-order valence-electron chi connectivity index (χ0n) is 18.5. The third-order valence-electron chi connectivity index (χ3n) is 8.04. The van der Waals surface area contributed by atoms with E-state index in [1.54, 1.807) is 17.3 Å². The van der Waals surface area contributed by atoms with Gasteiger partial charge in [-0.15, -0.1) is 0 Å². The third kappa shape index (κ3) is 3.14. The monoisotopic (exact) mass is 445 g/mol. The molecule has 2 aliphatic carbocycles. The van der Waals surface area contributed by atoms with Crippen molar-refractivity contribution in [1.82, 2.24) is 14.9 Å². The van der Waals surface area contributed by atoms with Gasteiger partial charge in [0.25, 0.3) is 0 Å². The Bertz CT molecular complexity index is 1170. The summed E-state index contributed by atoms with van der Waals surface area (Å²) in [6.45, 7) is 0.696. The second-order valence-corrected chi connectivity index (χ2v) is 9.99. The fourth-order valence-corrected chi connectivity index (χ4v) is 6.40. The van der Waals surface area contributed by atoms with E-state index in [0.717, 1.165) is 55.2 Å². The largest absolute Gasteiger partial charge is 0.333 e. The number of anilines is 2. The average Bonchev–Trinajstić information content (AvgIpc) is 3.49. The van der Waals surface area contributed by atoms with Gasteiger partial charge >= 0.3 is 0 Å². The van der Waals surface area contributed by atoms with E-state index in [1.807, 2.05) is 18.2 Å². The zero-order valence-corrected chi connectivity index (χ0v) is 18.5. The van der Waals surface area contributed by atoms with E-state index in [9.17, 15) is 14.4 Å². The van der Waals surface area contributed by atoms with Gasteiger partial charge in [-0.1, -0.05) is 18.9 Å². The molecule has 2 spiro atoms. The molecule has 0 aromatic carbocycles. The molecule has 2 N–H and O–H groups in total. The molecule has 2 aliphatic heterocycles. The van der Waals surface area contributed by atoms with Crippen LogP contribution in [0.5, 0.6) is 0 Å². The molecule has 6 rings (SSSR count). The number of carbonyl (C=O) groups is 3. The number of likely N-dealkylation sites (tertiary alicyclic amines) is 1. The molecule has 170 valence electrons. The van der Waals surface area contributed by atoms with E-state index in [2.05, 4.69) is 20.6 Å². The van der Waals surface area contributed by atoms with Crippen LogP contribution in [0.2, 0.25) is 0 Å². The van der Waals surface area contributed by atoms with Crippen molar-refractivity contribution >= 4 is 29.4 Å². The Balaban J connectivity index is 1.16. The van der Waals surface area contributed by atoms with Crippen LogP contribution < -0.4 is 10.6 Å². The van der Waals surface area contributed by atoms with E-state index < -0.39 is 5.41 Å². The SMILES string of the molecule is O=C(CN1CCCC2(CCCC2)C1=O)Nc1cc2c(cn1)CC1(C2)C(=O)Nc2ncccc21. The van der Waals surface area contributed by atoms with Crippen LogP contribution in [0.4, 0.5) is 11.6 Å². The molecule has 3 amide bonds. The van der Waals surface area contributed by atoms with Crippen LogP contribution in [0.1, 0.15) is 55.2 Å². The summed E-state index contributed by atoms with van der Waals surface area (Å²) in [6.07, 6.45) is 10.5. The lowest BCUT2D eigenvalue weighted by Crippen LogP contribution is -2.50. The van der Waals surface area contributed by atoms with Crippen molar-refractivity contribution in [2.45, 2.75) is 56.8 Å². The van der Waals surface area contributed by atoms with Gasteiger partial charge < -0.3 is 15.5 Å². The second kappa shape index (κ2) is 7.37. The maximum atomic E-state index is 13.1. The van der Waals surface area contributed by atoms with E-state index >= 15 is 0 Å². The summed E-state index contributed by atoms with van der Waals surface area (Å²) in [5, 5.41) is 5.78. The lowest BCUT2D eigenvalue weighted by atomic mass is 9.77. The molecular formula is C25H27N5O3. The highest BCUT2D eigenvalue weighted by atomic mass is 16.2. The van der Waals surface area contributed by atoms with Crippen LogP contribution in [-0.4, -0.2) is 45.7 Å². The second-order valence-electron chi connectivity index (χ2n) is 9.99. The fourth-order valence-electron chi connectivity index (χ4n) is 6.40. The fraction of sp³-hybridized carbons (Fsp3) is 0.480. The molecule has 33 heavy (non-hydrogen) atoms. The molecule has 2 aromatic rings. The van der Waals surface area contributed by atoms with Gasteiger partial charge in [-0.2, -0.15) is 0 Å². The highest BCUT2D eigenvalue weighted by molar-refractivity contribution is 6.06. The highest BCUT2D eigenvalue weighted by Gasteiger charge is 2.51. The van der Waals surface area contributed by atoms with Gasteiger partial charge in [0, 0.05) is 29.9 Å². The van der Waals surface area contributed by atoms with Crippen molar-refractivity contribution in [3.63, 3.8) is 0 Å². The Labute approximate surface area is 192 Å². The minimum atomic E-state index is -0.661. The van der Waals surface area contributed by atoms with Crippen molar-refractivity contribution in [2.24, 2.45) is 5.41 Å². The first kappa shape index (κ1) is 20.3. The molecule has 1 saturated carbocycles. The van der Waals surface area contributed by atoms with Crippen LogP contribution >= 0.6 is 0 Å². The van der Waals surface area contributed by atoms with E-state index in [-0.39, 0.29) is 29.7 Å².